The summed E-state index contributed by atoms with van der Waals surface area (Å²) in [5.74, 6) is 0. The molecular weight excluding hydrogens is 134 g/mol. The van der Waals surface area contributed by atoms with Crippen molar-refractivity contribution >= 4 is 6.29 Å². The summed E-state index contributed by atoms with van der Waals surface area (Å²) < 4.78 is 0. The quantitative estimate of drug-likeness (QED) is 0.268. The van der Waals surface area contributed by atoms with E-state index in [0.29, 0.717) is 0 Å². The summed E-state index contributed by atoms with van der Waals surface area (Å²) in [6.45, 7) is 2.07. The van der Waals surface area contributed by atoms with Crippen LogP contribution >= 0.6 is 0 Å². The average Bonchev–Trinajstić information content (AvgIpc) is 1.61. The van der Waals surface area contributed by atoms with Crippen molar-refractivity contribution < 1.29 is 43.6 Å². The molecule has 0 bridgehead atoms. The van der Waals surface area contributed by atoms with Gasteiger partial charge in [-0.15, -0.1) is 0 Å². The zero-order chi connectivity index (χ0) is 4.83. The predicted molar refractivity (Wildman–Crippen MR) is 26.7 cm³/mol. The zero-order valence-corrected chi connectivity index (χ0v) is 6.95. The average molecular weight is 145 g/mol. The van der Waals surface area contributed by atoms with Gasteiger partial charge in [0.25, 0.3) is 0 Å². The fraction of sp³-hybridized carbons (Fsp3) is 0.800. The molecule has 1 radical (unpaired) electrons. The van der Waals surface area contributed by atoms with E-state index in [-0.39, 0.29) is 38.8 Å². The van der Waals surface area contributed by atoms with Gasteiger partial charge in [0.1, 0.15) is 6.29 Å². The minimum absolute atomic E-state index is 0. The van der Waals surface area contributed by atoms with Crippen LogP contribution in [0.15, 0.2) is 0 Å². The maximum Gasteiger partial charge on any atom is 1.00 e. The van der Waals surface area contributed by atoms with E-state index >= 15 is 0 Å². The summed E-state index contributed by atoms with van der Waals surface area (Å²) in [6.07, 6.45) is 3.86. The maximum absolute atomic E-state index is 9.56. The van der Waals surface area contributed by atoms with Gasteiger partial charge in [0.15, 0.2) is 0 Å². The number of carbonyl (C=O) groups excluding carboxylic acids is 1. The molecule has 8 heavy (non-hydrogen) atoms. The van der Waals surface area contributed by atoms with Crippen LogP contribution < -0.4 is 18.9 Å². The molecule has 0 aromatic heterocycles. The molecule has 0 atom stereocenters. The number of carbonyl (C=O) groups is 1. The molecule has 0 heterocycles. The van der Waals surface area contributed by atoms with E-state index in [2.05, 4.69) is 6.92 Å². The second kappa shape index (κ2) is 15.7. The van der Waals surface area contributed by atoms with E-state index in [4.69, 9.17) is 0 Å². The second-order valence-electron chi connectivity index (χ2n) is 1.31. The molecule has 1 nitrogen and oxygen atoms in total. The van der Waals surface area contributed by atoms with Gasteiger partial charge >= 0.3 is 18.9 Å². The number of rotatable bonds is 3. The molecule has 0 N–H and O–H groups in total. The van der Waals surface area contributed by atoms with Crippen LogP contribution in [0.25, 0.3) is 0 Å². The molecule has 0 unspecified atom stereocenters. The third-order valence-electron chi connectivity index (χ3n) is 0.676. The van der Waals surface area contributed by atoms with Crippen molar-refractivity contribution in [3.8, 4) is 0 Å². The molecule has 0 aromatic rings. The number of aldehydes is 1. The Kier molecular flexibility index (Phi) is 31.2. The molecule has 0 amide bonds. The zero-order valence-electron chi connectivity index (χ0n) is 6.55. The molecule has 0 saturated carbocycles. The molecule has 43 valence electrons. The van der Waals surface area contributed by atoms with Crippen LogP contribution in [0, 0.1) is 0 Å². The van der Waals surface area contributed by atoms with Crippen molar-refractivity contribution in [2.75, 3.05) is 0 Å². The van der Waals surface area contributed by atoms with Gasteiger partial charge < -0.3 is 6.22 Å². The van der Waals surface area contributed by atoms with Gasteiger partial charge in [-0.1, -0.05) is 13.3 Å². The summed E-state index contributed by atoms with van der Waals surface area (Å²) in [5.41, 5.74) is 0. The Bertz CT molecular complexity index is 45.9. The first kappa shape index (κ1) is 15.9. The Morgan fingerprint density at radius 1 is 1.62 bits per heavy atom. The first-order valence-electron chi connectivity index (χ1n) is 2.35. The van der Waals surface area contributed by atoms with E-state index in [0.717, 1.165) is 25.5 Å². The van der Waals surface area contributed by atoms with Crippen molar-refractivity contribution in [1.82, 2.24) is 0 Å². The standard InChI is InChI=1S/C5H10O.Li.V.H/c1-2-3-4-5-6;;;/h5H,2-4H2,1H3;;;/q;+1;;-1. The predicted octanol–water partition coefficient (Wildman–Crippen LogP) is -1.51. The van der Waals surface area contributed by atoms with Gasteiger partial charge in [-0.25, -0.2) is 0 Å². The second-order valence-corrected chi connectivity index (χ2v) is 1.31. The summed E-state index contributed by atoms with van der Waals surface area (Å²) in [4.78, 5) is 9.56. The van der Waals surface area contributed by atoms with Crippen molar-refractivity contribution in [1.29, 1.82) is 0 Å². The normalized spacial score (nSPS) is 6.12. The number of unbranched alkanes of at least 4 members (excludes halogenated alkanes) is 2. The van der Waals surface area contributed by atoms with Gasteiger partial charge in [0, 0.05) is 25.0 Å². The van der Waals surface area contributed by atoms with Gasteiger partial charge in [0.05, 0.1) is 0 Å². The molecule has 0 rings (SSSR count). The van der Waals surface area contributed by atoms with E-state index in [1.165, 1.54) is 0 Å². The number of hydrogen-bond donors (Lipinski definition) is 0. The monoisotopic (exact) mass is 145 g/mol. The van der Waals surface area contributed by atoms with Crippen LogP contribution in [-0.2, 0) is 23.4 Å². The van der Waals surface area contributed by atoms with Crippen LogP contribution in [0.2, 0.25) is 0 Å². The van der Waals surface area contributed by atoms with Gasteiger partial charge in [-0.3, -0.25) is 0 Å². The molecule has 0 aromatic carbocycles. The van der Waals surface area contributed by atoms with Crippen molar-refractivity contribution in [3.63, 3.8) is 0 Å². The van der Waals surface area contributed by atoms with Crippen molar-refractivity contribution in [2.24, 2.45) is 0 Å². The molecule has 0 saturated heterocycles. The van der Waals surface area contributed by atoms with Crippen LogP contribution in [0.4, 0.5) is 0 Å². The Morgan fingerprint density at radius 3 is 2.25 bits per heavy atom. The summed E-state index contributed by atoms with van der Waals surface area (Å²) in [7, 11) is 0. The van der Waals surface area contributed by atoms with Crippen LogP contribution in [0.1, 0.15) is 27.6 Å². The Balaban J connectivity index is -0.0000000417. The Hall–Kier alpha value is 0.852. The van der Waals surface area contributed by atoms with Crippen molar-refractivity contribution in [3.05, 3.63) is 0 Å². The van der Waals surface area contributed by atoms with Gasteiger partial charge in [-0.2, -0.15) is 0 Å². The fourth-order valence-corrected chi connectivity index (χ4v) is 0.287. The molecule has 0 spiro atoms. The van der Waals surface area contributed by atoms with Gasteiger partial charge in [0.2, 0.25) is 0 Å². The van der Waals surface area contributed by atoms with E-state index in [9.17, 15) is 4.79 Å². The summed E-state index contributed by atoms with van der Waals surface area (Å²) in [6, 6.07) is 0. The molecular formula is C5H11LiOV. The van der Waals surface area contributed by atoms with E-state index in [1.54, 1.807) is 0 Å². The minimum atomic E-state index is 0. The third-order valence-corrected chi connectivity index (χ3v) is 0.676. The SMILES string of the molecule is CCCCC=O.[H-].[Li+].[V]. The Morgan fingerprint density at radius 2 is 2.12 bits per heavy atom. The van der Waals surface area contributed by atoms with E-state index < -0.39 is 0 Å². The molecule has 0 aliphatic carbocycles. The smallest absolute Gasteiger partial charge is 1.00 e. The first-order chi connectivity index (χ1) is 2.91. The third kappa shape index (κ3) is 15.8. The summed E-state index contributed by atoms with van der Waals surface area (Å²) >= 11 is 0. The molecule has 3 heteroatoms. The largest absolute Gasteiger partial charge is 1.00 e. The van der Waals surface area contributed by atoms with Crippen LogP contribution in [-0.4, -0.2) is 6.29 Å². The molecule has 0 aliphatic heterocycles. The molecule has 0 fully saturated rings. The van der Waals surface area contributed by atoms with Crippen molar-refractivity contribution in [2.45, 2.75) is 26.2 Å². The summed E-state index contributed by atoms with van der Waals surface area (Å²) in [5, 5.41) is 0. The topological polar surface area (TPSA) is 17.1 Å². The minimum Gasteiger partial charge on any atom is -1.00 e. The first-order valence-corrected chi connectivity index (χ1v) is 2.35. The van der Waals surface area contributed by atoms with Crippen LogP contribution in [0.5, 0.6) is 0 Å². The Labute approximate surface area is 76.2 Å². The number of hydrogen-bond acceptors (Lipinski definition) is 1. The van der Waals surface area contributed by atoms with Crippen LogP contribution in [0.3, 0.4) is 0 Å². The van der Waals surface area contributed by atoms with E-state index in [1.807, 2.05) is 0 Å². The maximum atomic E-state index is 9.56. The fourth-order valence-electron chi connectivity index (χ4n) is 0.287. The van der Waals surface area contributed by atoms with Gasteiger partial charge in [-0.05, 0) is 6.42 Å². The molecule has 0 aliphatic rings.